The largest absolute Gasteiger partial charge is 0.352 e. The number of likely N-dealkylation sites (N-methyl/N-ethyl adjacent to an activating group) is 1. The van der Waals surface area contributed by atoms with Crippen LogP contribution in [0.4, 0.5) is 0 Å². The van der Waals surface area contributed by atoms with Crippen LogP contribution in [0.25, 0.3) is 0 Å². The van der Waals surface area contributed by atoms with Gasteiger partial charge in [0, 0.05) is 24.7 Å². The van der Waals surface area contributed by atoms with Crippen LogP contribution in [-0.2, 0) is 26.2 Å². The number of carbonyl (C=O) groups excluding carboxylic acids is 2. The molecule has 0 heterocycles. The van der Waals surface area contributed by atoms with E-state index in [4.69, 9.17) is 11.6 Å². The van der Waals surface area contributed by atoms with Gasteiger partial charge in [-0.05, 0) is 56.5 Å². The van der Waals surface area contributed by atoms with Crippen LogP contribution in [0.1, 0.15) is 43.7 Å². The van der Waals surface area contributed by atoms with Gasteiger partial charge in [0.2, 0.25) is 21.8 Å². The number of amides is 2. The van der Waals surface area contributed by atoms with E-state index in [9.17, 15) is 18.0 Å². The maximum absolute atomic E-state index is 13.4. The Labute approximate surface area is 207 Å². The van der Waals surface area contributed by atoms with Gasteiger partial charge in [-0.2, -0.15) is 4.31 Å². The Morgan fingerprint density at radius 3 is 2.24 bits per heavy atom. The minimum Gasteiger partial charge on any atom is -0.352 e. The first-order chi connectivity index (χ1) is 16.1. The van der Waals surface area contributed by atoms with Crippen molar-refractivity contribution in [2.24, 2.45) is 0 Å². The Hall–Kier alpha value is -2.42. The maximum atomic E-state index is 13.4. The molecule has 0 aromatic heterocycles. The van der Waals surface area contributed by atoms with Gasteiger partial charge in [-0.15, -0.1) is 0 Å². The third-order valence-electron chi connectivity index (χ3n) is 6.22. The highest BCUT2D eigenvalue weighted by Crippen LogP contribution is 2.20. The molecule has 0 unspecified atom stereocenters. The topological polar surface area (TPSA) is 86.8 Å². The van der Waals surface area contributed by atoms with Crippen LogP contribution >= 0.6 is 11.6 Å². The minimum absolute atomic E-state index is 0.0457. The number of halogens is 1. The van der Waals surface area contributed by atoms with E-state index in [1.54, 1.807) is 6.92 Å². The first kappa shape index (κ1) is 26.2. The first-order valence-corrected chi connectivity index (χ1v) is 13.3. The number of aryl methyl sites for hydroxylation is 1. The fourth-order valence-corrected chi connectivity index (χ4v) is 5.26. The van der Waals surface area contributed by atoms with Crippen molar-refractivity contribution in [3.05, 3.63) is 64.7 Å². The summed E-state index contributed by atoms with van der Waals surface area (Å²) in [6.45, 7) is 3.47. The number of hydrogen-bond donors (Lipinski definition) is 1. The maximum Gasteiger partial charge on any atom is 0.243 e. The van der Waals surface area contributed by atoms with E-state index < -0.39 is 28.5 Å². The van der Waals surface area contributed by atoms with Gasteiger partial charge in [0.1, 0.15) is 6.04 Å². The van der Waals surface area contributed by atoms with Gasteiger partial charge < -0.3 is 10.2 Å². The molecule has 1 aliphatic rings. The number of nitrogens with one attached hydrogen (secondary N) is 1. The van der Waals surface area contributed by atoms with Gasteiger partial charge in [0.05, 0.1) is 11.4 Å². The van der Waals surface area contributed by atoms with Crippen molar-refractivity contribution in [1.82, 2.24) is 14.5 Å². The van der Waals surface area contributed by atoms with Gasteiger partial charge in [-0.3, -0.25) is 9.59 Å². The molecule has 9 heteroatoms. The number of sulfonamides is 1. The molecule has 0 radical (unpaired) electrons. The molecule has 184 valence electrons. The van der Waals surface area contributed by atoms with Crippen molar-refractivity contribution in [2.75, 3.05) is 13.6 Å². The Balaban J connectivity index is 1.78. The molecule has 0 spiro atoms. The summed E-state index contributed by atoms with van der Waals surface area (Å²) in [6, 6.07) is 12.9. The van der Waals surface area contributed by atoms with Crippen LogP contribution in [0.3, 0.4) is 0 Å². The van der Waals surface area contributed by atoms with Gasteiger partial charge >= 0.3 is 0 Å². The minimum atomic E-state index is -3.90. The highest BCUT2D eigenvalue weighted by Gasteiger charge is 2.31. The smallest absolute Gasteiger partial charge is 0.243 e. The summed E-state index contributed by atoms with van der Waals surface area (Å²) in [7, 11) is -2.54. The molecular weight excluding hydrogens is 474 g/mol. The average molecular weight is 506 g/mol. The zero-order valence-corrected chi connectivity index (χ0v) is 21.4. The Morgan fingerprint density at radius 2 is 1.65 bits per heavy atom. The molecule has 1 saturated carbocycles. The van der Waals surface area contributed by atoms with Crippen LogP contribution in [0.15, 0.2) is 53.4 Å². The molecule has 2 aromatic carbocycles. The second-order valence-corrected chi connectivity index (χ2v) is 11.4. The number of rotatable bonds is 9. The number of nitrogens with zero attached hydrogens (tertiary/aromatic N) is 2. The standard InChI is InChI=1S/C25H32ClN3O4S/c1-18-8-10-20(11-9-18)16-29(19(2)25(31)27-22-6-4-5-7-22)24(30)17-28(3)34(32,33)23-14-12-21(26)13-15-23/h8-15,19,22H,4-7,16-17H2,1-3H3,(H,27,31)/t19-/m0/s1. The van der Waals surface area contributed by atoms with Crippen LogP contribution < -0.4 is 5.32 Å². The Bertz CT molecular complexity index is 1100. The second kappa shape index (κ2) is 11.3. The van der Waals surface area contributed by atoms with Crippen LogP contribution in [0.2, 0.25) is 5.02 Å². The van der Waals surface area contributed by atoms with Crippen LogP contribution in [-0.4, -0.2) is 55.1 Å². The van der Waals surface area contributed by atoms with Gasteiger partial charge in [-0.1, -0.05) is 54.3 Å². The predicted octanol–water partition coefficient (Wildman–Crippen LogP) is 3.75. The Morgan fingerprint density at radius 1 is 1.06 bits per heavy atom. The van der Waals surface area contributed by atoms with Gasteiger partial charge in [0.25, 0.3) is 0 Å². The highest BCUT2D eigenvalue weighted by atomic mass is 35.5. The van der Waals surface area contributed by atoms with E-state index in [1.165, 1.54) is 36.2 Å². The predicted molar refractivity (Wildman–Crippen MR) is 133 cm³/mol. The number of hydrogen-bond acceptors (Lipinski definition) is 4. The molecule has 1 atom stereocenters. The van der Waals surface area contributed by atoms with Crippen molar-refractivity contribution in [3.8, 4) is 0 Å². The lowest BCUT2D eigenvalue weighted by Gasteiger charge is -2.31. The molecule has 0 bridgehead atoms. The molecule has 7 nitrogen and oxygen atoms in total. The van der Waals surface area contributed by atoms with E-state index in [0.29, 0.717) is 5.02 Å². The zero-order valence-electron chi connectivity index (χ0n) is 19.8. The molecule has 2 amide bonds. The molecular formula is C25H32ClN3O4S. The lowest BCUT2D eigenvalue weighted by atomic mass is 10.1. The molecule has 2 aromatic rings. The lowest BCUT2D eigenvalue weighted by Crippen LogP contribution is -2.52. The highest BCUT2D eigenvalue weighted by molar-refractivity contribution is 7.89. The van der Waals surface area contributed by atoms with E-state index in [0.717, 1.165) is 41.1 Å². The van der Waals surface area contributed by atoms with Gasteiger partial charge in [-0.25, -0.2) is 8.42 Å². The third-order valence-corrected chi connectivity index (χ3v) is 8.29. The fourth-order valence-electron chi connectivity index (χ4n) is 4.02. The average Bonchev–Trinajstić information content (AvgIpc) is 3.31. The van der Waals surface area contributed by atoms with Crippen LogP contribution in [0, 0.1) is 6.92 Å². The van der Waals surface area contributed by atoms with E-state index in [2.05, 4.69) is 5.32 Å². The number of benzene rings is 2. The summed E-state index contributed by atoms with van der Waals surface area (Å²) in [5, 5.41) is 3.47. The fraction of sp³-hybridized carbons (Fsp3) is 0.440. The summed E-state index contributed by atoms with van der Waals surface area (Å²) in [5.41, 5.74) is 1.95. The summed E-state index contributed by atoms with van der Waals surface area (Å²) >= 11 is 5.87. The molecule has 3 rings (SSSR count). The SMILES string of the molecule is Cc1ccc(CN(C(=O)CN(C)S(=O)(=O)c2ccc(Cl)cc2)[C@@H](C)C(=O)NC2CCCC2)cc1. The normalized spacial score (nSPS) is 15.3. The Kier molecular flexibility index (Phi) is 8.73. The van der Waals surface area contributed by atoms with Crippen LogP contribution in [0.5, 0.6) is 0 Å². The summed E-state index contributed by atoms with van der Waals surface area (Å²) in [5.74, 6) is -0.676. The molecule has 34 heavy (non-hydrogen) atoms. The lowest BCUT2D eigenvalue weighted by molar-refractivity contribution is -0.140. The molecule has 1 N–H and O–H groups in total. The quantitative estimate of drug-likeness (QED) is 0.562. The van der Waals surface area contributed by atoms with E-state index in [-0.39, 0.29) is 23.4 Å². The molecule has 0 aliphatic heterocycles. The molecule has 0 saturated heterocycles. The first-order valence-electron chi connectivity index (χ1n) is 11.4. The third kappa shape index (κ3) is 6.58. The van der Waals surface area contributed by atoms with E-state index in [1.807, 2.05) is 31.2 Å². The second-order valence-electron chi connectivity index (χ2n) is 8.89. The monoisotopic (exact) mass is 505 g/mol. The van der Waals surface area contributed by atoms with Crippen molar-refractivity contribution in [2.45, 2.75) is 63.1 Å². The number of carbonyl (C=O) groups is 2. The molecule has 1 fully saturated rings. The summed E-state index contributed by atoms with van der Waals surface area (Å²) in [4.78, 5) is 27.8. The van der Waals surface area contributed by atoms with Crippen molar-refractivity contribution < 1.29 is 18.0 Å². The van der Waals surface area contributed by atoms with Crippen molar-refractivity contribution in [3.63, 3.8) is 0 Å². The van der Waals surface area contributed by atoms with E-state index >= 15 is 0 Å². The zero-order chi connectivity index (χ0) is 24.9. The molecule has 1 aliphatic carbocycles. The van der Waals surface area contributed by atoms with Gasteiger partial charge in [0.15, 0.2) is 0 Å². The van der Waals surface area contributed by atoms with Crippen molar-refractivity contribution >= 4 is 33.4 Å². The summed E-state index contributed by atoms with van der Waals surface area (Å²) in [6.07, 6.45) is 4.04. The van der Waals surface area contributed by atoms with Crippen molar-refractivity contribution in [1.29, 1.82) is 0 Å². The summed E-state index contributed by atoms with van der Waals surface area (Å²) < 4.78 is 26.9.